The minimum Gasteiger partial charge on any atom is -0.361 e. The zero-order chi connectivity index (χ0) is 18.1. The minimum absolute atomic E-state index is 0.0561. The van der Waals surface area contributed by atoms with Gasteiger partial charge in [0.2, 0.25) is 0 Å². The number of nitro groups is 1. The van der Waals surface area contributed by atoms with Crippen LogP contribution in [-0.2, 0) is 6.42 Å². The van der Waals surface area contributed by atoms with Crippen molar-refractivity contribution in [2.75, 3.05) is 0 Å². The number of fused-ring (bicyclic) bond motifs is 1. The van der Waals surface area contributed by atoms with E-state index in [9.17, 15) is 10.1 Å². The molecule has 0 aliphatic rings. The summed E-state index contributed by atoms with van der Waals surface area (Å²) in [5, 5.41) is 11.9. The third kappa shape index (κ3) is 2.96. The Balaban J connectivity index is 1.54. The highest BCUT2D eigenvalue weighted by Crippen LogP contribution is 2.25. The molecule has 0 aliphatic carbocycles. The number of benzene rings is 2. The van der Waals surface area contributed by atoms with E-state index in [2.05, 4.69) is 21.0 Å². The van der Waals surface area contributed by atoms with Crippen molar-refractivity contribution < 1.29 is 4.92 Å². The summed E-state index contributed by atoms with van der Waals surface area (Å²) in [7, 11) is 0. The summed E-state index contributed by atoms with van der Waals surface area (Å²) in [4.78, 5) is 21.3. The van der Waals surface area contributed by atoms with E-state index in [0.717, 1.165) is 22.0 Å². The van der Waals surface area contributed by atoms with Gasteiger partial charge in [0, 0.05) is 41.0 Å². The Morgan fingerprint density at radius 3 is 2.62 bits per heavy atom. The van der Waals surface area contributed by atoms with E-state index in [1.807, 2.05) is 24.4 Å². The zero-order valence-corrected chi connectivity index (χ0v) is 13.8. The first-order valence-electron chi connectivity index (χ1n) is 8.22. The van der Waals surface area contributed by atoms with Crippen LogP contribution in [0.25, 0.3) is 22.2 Å². The lowest BCUT2D eigenvalue weighted by Crippen LogP contribution is -2.14. The number of non-ortho nitro benzene ring substituents is 1. The molecule has 0 spiro atoms. The van der Waals surface area contributed by atoms with Crippen LogP contribution in [0, 0.1) is 10.1 Å². The molecule has 2 heterocycles. The van der Waals surface area contributed by atoms with Crippen LogP contribution in [0.5, 0.6) is 0 Å². The fraction of sp³-hybridized carbons (Fsp3) is 0.105. The molecule has 4 aromatic rings. The van der Waals surface area contributed by atoms with E-state index in [4.69, 9.17) is 5.73 Å². The van der Waals surface area contributed by atoms with E-state index >= 15 is 0 Å². The molecule has 0 fully saturated rings. The molecule has 4 N–H and O–H groups in total. The molecule has 2 aromatic carbocycles. The molecular weight excluding hydrogens is 330 g/mol. The van der Waals surface area contributed by atoms with Crippen LogP contribution in [0.15, 0.2) is 60.9 Å². The Morgan fingerprint density at radius 1 is 1.08 bits per heavy atom. The molecule has 0 radical (unpaired) electrons. The SMILES string of the molecule is N[C@H](Cc1c[nH]c2ccccc12)c1nc(-c2ccc([N+](=O)[O-])cc2)c[nH]1. The number of nitrogens with two attached hydrogens (primary N) is 1. The van der Waals surface area contributed by atoms with Gasteiger partial charge in [0.15, 0.2) is 0 Å². The van der Waals surface area contributed by atoms with Gasteiger partial charge >= 0.3 is 0 Å². The summed E-state index contributed by atoms with van der Waals surface area (Å²) >= 11 is 0. The Hall–Kier alpha value is -3.45. The van der Waals surface area contributed by atoms with Gasteiger partial charge in [-0.2, -0.15) is 0 Å². The second-order valence-corrected chi connectivity index (χ2v) is 6.15. The van der Waals surface area contributed by atoms with Crippen molar-refractivity contribution in [1.82, 2.24) is 15.0 Å². The quantitative estimate of drug-likeness (QED) is 0.377. The summed E-state index contributed by atoms with van der Waals surface area (Å²) in [6, 6.07) is 14.1. The van der Waals surface area contributed by atoms with Crippen molar-refractivity contribution in [2.24, 2.45) is 5.73 Å². The second-order valence-electron chi connectivity index (χ2n) is 6.15. The molecule has 7 nitrogen and oxygen atoms in total. The number of hydrogen-bond acceptors (Lipinski definition) is 4. The molecule has 0 saturated carbocycles. The number of hydrogen-bond donors (Lipinski definition) is 3. The van der Waals surface area contributed by atoms with Crippen molar-refractivity contribution in [3.05, 3.63) is 82.4 Å². The van der Waals surface area contributed by atoms with E-state index in [1.54, 1.807) is 18.3 Å². The molecular formula is C19H17N5O2. The van der Waals surface area contributed by atoms with Crippen molar-refractivity contribution in [1.29, 1.82) is 0 Å². The highest BCUT2D eigenvalue weighted by atomic mass is 16.6. The Bertz CT molecular complexity index is 1060. The third-order valence-corrected chi connectivity index (χ3v) is 4.44. The summed E-state index contributed by atoms with van der Waals surface area (Å²) in [5.41, 5.74) is 10.1. The lowest BCUT2D eigenvalue weighted by atomic mass is 10.1. The van der Waals surface area contributed by atoms with Crippen LogP contribution in [0.4, 0.5) is 5.69 Å². The summed E-state index contributed by atoms with van der Waals surface area (Å²) < 4.78 is 0. The summed E-state index contributed by atoms with van der Waals surface area (Å²) in [6.45, 7) is 0. The van der Waals surface area contributed by atoms with Gasteiger partial charge in [-0.1, -0.05) is 18.2 Å². The second kappa shape index (κ2) is 6.45. The normalized spacial score (nSPS) is 12.3. The van der Waals surface area contributed by atoms with Crippen LogP contribution < -0.4 is 5.73 Å². The maximum atomic E-state index is 10.8. The van der Waals surface area contributed by atoms with Gasteiger partial charge in [-0.15, -0.1) is 0 Å². The number of aromatic nitrogens is 3. The monoisotopic (exact) mass is 347 g/mol. The molecule has 0 bridgehead atoms. The maximum absolute atomic E-state index is 10.8. The number of imidazole rings is 1. The molecule has 0 saturated heterocycles. The van der Waals surface area contributed by atoms with E-state index in [0.29, 0.717) is 17.9 Å². The predicted octanol–water partition coefficient (Wildman–Crippen LogP) is 3.71. The average molecular weight is 347 g/mol. The molecule has 2 aromatic heterocycles. The van der Waals surface area contributed by atoms with E-state index < -0.39 is 4.92 Å². The molecule has 26 heavy (non-hydrogen) atoms. The molecule has 130 valence electrons. The summed E-state index contributed by atoms with van der Waals surface area (Å²) in [6.07, 6.45) is 4.40. The number of rotatable bonds is 5. The molecule has 1 atom stereocenters. The van der Waals surface area contributed by atoms with Gasteiger partial charge in [0.25, 0.3) is 5.69 Å². The third-order valence-electron chi connectivity index (χ3n) is 4.44. The van der Waals surface area contributed by atoms with Crippen LogP contribution >= 0.6 is 0 Å². The van der Waals surface area contributed by atoms with Crippen molar-refractivity contribution in [3.8, 4) is 11.3 Å². The number of H-pyrrole nitrogens is 2. The standard InChI is InChI=1S/C19H17N5O2/c20-16(9-13-10-21-17-4-2-1-3-15(13)17)19-22-11-18(23-19)12-5-7-14(8-6-12)24(25)26/h1-8,10-11,16,21H,9,20H2,(H,22,23)/t16-/m1/s1. The number of nitrogens with one attached hydrogen (secondary N) is 2. The van der Waals surface area contributed by atoms with Gasteiger partial charge in [-0.25, -0.2) is 4.98 Å². The number of nitro benzene ring substituents is 1. The molecule has 0 aliphatic heterocycles. The van der Waals surface area contributed by atoms with Gasteiger partial charge in [-0.3, -0.25) is 10.1 Å². The largest absolute Gasteiger partial charge is 0.361 e. The van der Waals surface area contributed by atoms with Crippen molar-refractivity contribution in [3.63, 3.8) is 0 Å². The lowest BCUT2D eigenvalue weighted by Gasteiger charge is -2.07. The number of aromatic amines is 2. The highest BCUT2D eigenvalue weighted by Gasteiger charge is 2.15. The van der Waals surface area contributed by atoms with Gasteiger partial charge in [-0.05, 0) is 30.2 Å². The average Bonchev–Trinajstić information content (AvgIpc) is 3.30. The molecule has 0 unspecified atom stereocenters. The highest BCUT2D eigenvalue weighted by molar-refractivity contribution is 5.83. The Morgan fingerprint density at radius 2 is 1.85 bits per heavy atom. The zero-order valence-electron chi connectivity index (χ0n) is 13.8. The first kappa shape index (κ1) is 16.0. The van der Waals surface area contributed by atoms with Crippen LogP contribution in [0.1, 0.15) is 17.4 Å². The molecule has 7 heteroatoms. The smallest absolute Gasteiger partial charge is 0.269 e. The Kier molecular flexibility index (Phi) is 3.98. The van der Waals surface area contributed by atoms with Crippen molar-refractivity contribution in [2.45, 2.75) is 12.5 Å². The first-order chi connectivity index (χ1) is 12.6. The van der Waals surface area contributed by atoms with Crippen LogP contribution in [0.2, 0.25) is 0 Å². The maximum Gasteiger partial charge on any atom is 0.269 e. The predicted molar refractivity (Wildman–Crippen MR) is 99.6 cm³/mol. The van der Waals surface area contributed by atoms with Crippen LogP contribution in [0.3, 0.4) is 0 Å². The van der Waals surface area contributed by atoms with Gasteiger partial charge in [0.1, 0.15) is 5.82 Å². The number of para-hydroxylation sites is 1. The minimum atomic E-state index is -0.420. The fourth-order valence-corrected chi connectivity index (χ4v) is 3.06. The topological polar surface area (TPSA) is 114 Å². The molecule has 0 amide bonds. The fourth-order valence-electron chi connectivity index (χ4n) is 3.06. The van der Waals surface area contributed by atoms with Crippen LogP contribution in [-0.4, -0.2) is 19.9 Å². The van der Waals surface area contributed by atoms with Gasteiger partial charge in [0.05, 0.1) is 16.7 Å². The number of nitrogens with zero attached hydrogens (tertiary/aromatic N) is 2. The Labute approximate surface area is 149 Å². The summed E-state index contributed by atoms with van der Waals surface area (Å²) in [5.74, 6) is 0.684. The van der Waals surface area contributed by atoms with E-state index in [1.165, 1.54) is 12.1 Å². The van der Waals surface area contributed by atoms with Crippen molar-refractivity contribution >= 4 is 16.6 Å². The van der Waals surface area contributed by atoms with Gasteiger partial charge < -0.3 is 15.7 Å². The molecule has 4 rings (SSSR count). The lowest BCUT2D eigenvalue weighted by molar-refractivity contribution is -0.384. The van der Waals surface area contributed by atoms with E-state index in [-0.39, 0.29) is 11.7 Å². The first-order valence-corrected chi connectivity index (χ1v) is 8.22.